The van der Waals surface area contributed by atoms with Gasteiger partial charge < -0.3 is 20.3 Å². The van der Waals surface area contributed by atoms with Gasteiger partial charge in [0.15, 0.2) is 12.2 Å². The highest BCUT2D eigenvalue weighted by Gasteiger charge is 2.51. The fourth-order valence-electron chi connectivity index (χ4n) is 3.49. The number of nitrogens with zero attached hydrogens (tertiary/aromatic N) is 2. The van der Waals surface area contributed by atoms with Crippen molar-refractivity contribution in [2.75, 3.05) is 19.4 Å². The highest BCUT2D eigenvalue weighted by atomic mass is 35.5. The number of epoxide rings is 1. The number of halogens is 1. The molecule has 172 valence electrons. The topological polar surface area (TPSA) is 104 Å². The smallest absolute Gasteiger partial charge is 0.256 e. The van der Waals surface area contributed by atoms with E-state index in [2.05, 4.69) is 15.6 Å². The lowest BCUT2D eigenvalue weighted by Gasteiger charge is -2.21. The number of aromatic nitrogens is 1. The van der Waals surface area contributed by atoms with Crippen molar-refractivity contribution >= 4 is 46.7 Å². The van der Waals surface area contributed by atoms with Gasteiger partial charge in [-0.25, -0.2) is 0 Å². The number of amides is 3. The van der Waals surface area contributed by atoms with Crippen molar-refractivity contribution in [2.45, 2.75) is 24.7 Å². The van der Waals surface area contributed by atoms with E-state index in [0.29, 0.717) is 12.1 Å². The van der Waals surface area contributed by atoms with Crippen LogP contribution in [0.4, 0.5) is 5.69 Å². The van der Waals surface area contributed by atoms with Gasteiger partial charge in [0.2, 0.25) is 5.91 Å². The second-order valence-electron chi connectivity index (χ2n) is 7.86. The van der Waals surface area contributed by atoms with Crippen LogP contribution < -0.4 is 10.6 Å². The normalized spacial score (nSPS) is 17.4. The summed E-state index contributed by atoms with van der Waals surface area (Å²) in [6.45, 7) is 0. The Labute approximate surface area is 197 Å². The van der Waals surface area contributed by atoms with Gasteiger partial charge in [0, 0.05) is 37.8 Å². The SMILES string of the molecule is CN(C)C(=O)[C@H](Cc1ccccc1)NC(=O)C1OC1C(=O)Nc1ccc2ncccc2c1.Cl. The van der Waals surface area contributed by atoms with E-state index in [0.717, 1.165) is 16.5 Å². The minimum Gasteiger partial charge on any atom is -0.349 e. The summed E-state index contributed by atoms with van der Waals surface area (Å²) >= 11 is 0. The van der Waals surface area contributed by atoms with Gasteiger partial charge in [0.05, 0.1) is 5.52 Å². The summed E-state index contributed by atoms with van der Waals surface area (Å²) in [5.41, 5.74) is 2.33. The summed E-state index contributed by atoms with van der Waals surface area (Å²) in [6, 6.07) is 17.8. The van der Waals surface area contributed by atoms with Crippen LogP contribution in [0.3, 0.4) is 0 Å². The maximum atomic E-state index is 12.7. The Hall–Kier alpha value is -3.49. The Bertz CT molecular complexity index is 1160. The number of rotatable bonds is 7. The Balaban J connectivity index is 0.00000306. The number of hydrogen-bond acceptors (Lipinski definition) is 5. The van der Waals surface area contributed by atoms with Gasteiger partial charge in [-0.2, -0.15) is 0 Å². The number of hydrogen-bond donors (Lipinski definition) is 2. The molecular formula is C24H25ClN4O4. The first kappa shape index (κ1) is 24.2. The molecule has 0 saturated carbocycles. The fraction of sp³-hybridized carbons (Fsp3) is 0.250. The third-order valence-electron chi connectivity index (χ3n) is 5.22. The monoisotopic (exact) mass is 468 g/mol. The molecule has 8 nitrogen and oxygen atoms in total. The number of ether oxygens (including phenoxy) is 1. The maximum absolute atomic E-state index is 12.7. The second-order valence-corrected chi connectivity index (χ2v) is 7.86. The molecular weight excluding hydrogens is 444 g/mol. The molecule has 2 heterocycles. The molecule has 2 unspecified atom stereocenters. The molecule has 1 aliphatic heterocycles. The van der Waals surface area contributed by atoms with Crippen LogP contribution in [0, 0.1) is 0 Å². The van der Waals surface area contributed by atoms with Gasteiger partial charge in [0.25, 0.3) is 11.8 Å². The summed E-state index contributed by atoms with van der Waals surface area (Å²) in [6.07, 6.45) is 0.225. The summed E-state index contributed by atoms with van der Waals surface area (Å²) in [4.78, 5) is 43.5. The van der Waals surface area contributed by atoms with E-state index in [1.807, 2.05) is 54.6 Å². The number of carbonyl (C=O) groups excluding carboxylic acids is 3. The molecule has 1 saturated heterocycles. The van der Waals surface area contributed by atoms with E-state index in [9.17, 15) is 14.4 Å². The van der Waals surface area contributed by atoms with E-state index in [-0.39, 0.29) is 18.3 Å². The average molecular weight is 469 g/mol. The third-order valence-corrected chi connectivity index (χ3v) is 5.22. The number of carbonyl (C=O) groups is 3. The summed E-state index contributed by atoms with van der Waals surface area (Å²) < 4.78 is 5.33. The maximum Gasteiger partial charge on any atom is 0.256 e. The molecule has 1 aromatic heterocycles. The summed E-state index contributed by atoms with van der Waals surface area (Å²) in [5, 5.41) is 6.40. The zero-order valence-electron chi connectivity index (χ0n) is 18.2. The first-order chi connectivity index (χ1) is 15.4. The molecule has 0 bridgehead atoms. The quantitative estimate of drug-likeness (QED) is 0.517. The highest BCUT2D eigenvalue weighted by Crippen LogP contribution is 2.25. The Kier molecular flexibility index (Phi) is 7.63. The number of anilines is 1. The zero-order valence-corrected chi connectivity index (χ0v) is 19.0. The molecule has 0 aliphatic carbocycles. The first-order valence-electron chi connectivity index (χ1n) is 10.3. The van der Waals surface area contributed by atoms with Crippen LogP contribution in [0.2, 0.25) is 0 Å². The van der Waals surface area contributed by atoms with Crippen molar-refractivity contribution < 1.29 is 19.1 Å². The van der Waals surface area contributed by atoms with Crippen molar-refractivity contribution in [3.05, 3.63) is 72.4 Å². The average Bonchev–Trinajstić information content (AvgIpc) is 3.60. The number of fused-ring (bicyclic) bond motifs is 1. The molecule has 3 atom stereocenters. The minimum atomic E-state index is -0.926. The molecule has 9 heteroatoms. The Morgan fingerprint density at radius 2 is 1.73 bits per heavy atom. The van der Waals surface area contributed by atoms with Crippen LogP contribution in [0.1, 0.15) is 5.56 Å². The van der Waals surface area contributed by atoms with E-state index in [1.54, 1.807) is 26.4 Å². The number of pyridine rings is 1. The highest BCUT2D eigenvalue weighted by molar-refractivity contribution is 6.03. The van der Waals surface area contributed by atoms with Crippen molar-refractivity contribution in [3.8, 4) is 0 Å². The fourth-order valence-corrected chi connectivity index (χ4v) is 3.49. The molecule has 0 spiro atoms. The first-order valence-corrected chi connectivity index (χ1v) is 10.3. The number of benzene rings is 2. The van der Waals surface area contributed by atoms with Gasteiger partial charge in [-0.1, -0.05) is 36.4 Å². The standard InChI is InChI=1S/C24H24N4O4.ClH/c1-28(2)24(31)19(13-15-7-4-3-5-8-15)27-23(30)21-20(32-21)22(29)26-17-10-11-18-16(14-17)9-6-12-25-18;/h3-12,14,19-21H,13H2,1-2H3,(H,26,29)(H,27,30);1H/t19-,20?,21?;/m0./s1. The second kappa shape index (κ2) is 10.4. The van der Waals surface area contributed by atoms with E-state index < -0.39 is 30.1 Å². The molecule has 1 fully saturated rings. The molecule has 2 aromatic carbocycles. The van der Waals surface area contributed by atoms with Crippen LogP contribution in [0.15, 0.2) is 66.9 Å². The summed E-state index contributed by atoms with van der Waals surface area (Å²) in [5.74, 6) is -1.12. The summed E-state index contributed by atoms with van der Waals surface area (Å²) in [7, 11) is 3.27. The van der Waals surface area contributed by atoms with Crippen molar-refractivity contribution in [3.63, 3.8) is 0 Å². The predicted octanol–water partition coefficient (Wildman–Crippen LogP) is 2.18. The molecule has 0 radical (unpaired) electrons. The Morgan fingerprint density at radius 1 is 1.00 bits per heavy atom. The molecule has 3 aromatic rings. The van der Waals surface area contributed by atoms with Crippen LogP contribution >= 0.6 is 12.4 Å². The number of nitrogens with one attached hydrogen (secondary N) is 2. The van der Waals surface area contributed by atoms with Gasteiger partial charge in [-0.15, -0.1) is 12.4 Å². The Morgan fingerprint density at radius 3 is 2.45 bits per heavy atom. The molecule has 2 N–H and O–H groups in total. The van der Waals surface area contributed by atoms with Crippen molar-refractivity contribution in [1.29, 1.82) is 0 Å². The molecule has 1 aliphatic rings. The van der Waals surface area contributed by atoms with Gasteiger partial charge in [-0.05, 0) is 29.8 Å². The van der Waals surface area contributed by atoms with E-state index in [1.165, 1.54) is 4.90 Å². The van der Waals surface area contributed by atoms with Crippen LogP contribution in [-0.2, 0) is 25.5 Å². The lowest BCUT2D eigenvalue weighted by atomic mass is 10.0. The minimum absolute atomic E-state index is 0. The van der Waals surface area contributed by atoms with Crippen LogP contribution in [-0.4, -0.2) is 60.0 Å². The molecule has 4 rings (SSSR count). The van der Waals surface area contributed by atoms with Gasteiger partial charge in [0.1, 0.15) is 6.04 Å². The predicted molar refractivity (Wildman–Crippen MR) is 127 cm³/mol. The lowest BCUT2D eigenvalue weighted by molar-refractivity contribution is -0.134. The van der Waals surface area contributed by atoms with Gasteiger partial charge in [-0.3, -0.25) is 19.4 Å². The van der Waals surface area contributed by atoms with E-state index >= 15 is 0 Å². The van der Waals surface area contributed by atoms with E-state index in [4.69, 9.17) is 4.74 Å². The number of likely N-dealkylation sites (N-methyl/N-ethyl adjacent to an activating group) is 1. The third kappa shape index (κ3) is 5.85. The zero-order chi connectivity index (χ0) is 22.7. The molecule has 3 amide bonds. The largest absolute Gasteiger partial charge is 0.349 e. The lowest BCUT2D eigenvalue weighted by Crippen LogP contribution is -2.49. The van der Waals surface area contributed by atoms with Crippen molar-refractivity contribution in [1.82, 2.24) is 15.2 Å². The molecule has 33 heavy (non-hydrogen) atoms. The van der Waals surface area contributed by atoms with Gasteiger partial charge >= 0.3 is 0 Å². The van der Waals surface area contributed by atoms with Crippen molar-refractivity contribution in [2.24, 2.45) is 0 Å². The van der Waals surface area contributed by atoms with Crippen LogP contribution in [0.25, 0.3) is 10.9 Å². The van der Waals surface area contributed by atoms with Crippen LogP contribution in [0.5, 0.6) is 0 Å².